The van der Waals surface area contributed by atoms with Crippen molar-refractivity contribution < 1.29 is 13.2 Å². The topological polar surface area (TPSA) is 66.5 Å². The van der Waals surface area contributed by atoms with E-state index >= 15 is 0 Å². The number of thiophene rings is 1. The minimum absolute atomic E-state index is 0.0335. The Labute approximate surface area is 160 Å². The van der Waals surface area contributed by atoms with Crippen LogP contribution in [0.4, 0.5) is 0 Å². The number of likely N-dealkylation sites (N-methyl/N-ethyl adjacent to an activating group) is 1. The Balaban J connectivity index is 2.22. The Hall–Kier alpha value is -1.70. The van der Waals surface area contributed by atoms with Crippen LogP contribution in [0.15, 0.2) is 46.0 Å². The number of amides is 1. The quantitative estimate of drug-likeness (QED) is 0.708. The van der Waals surface area contributed by atoms with Crippen LogP contribution in [0.25, 0.3) is 0 Å². The summed E-state index contributed by atoms with van der Waals surface area (Å²) >= 11 is 1.63. The fourth-order valence-electron chi connectivity index (χ4n) is 2.95. The molecule has 1 aromatic heterocycles. The third kappa shape index (κ3) is 4.72. The van der Waals surface area contributed by atoms with Crippen LogP contribution in [0.3, 0.4) is 0 Å². The Morgan fingerprint density at radius 1 is 1.15 bits per heavy atom. The van der Waals surface area contributed by atoms with Crippen molar-refractivity contribution in [2.75, 3.05) is 25.4 Å². The average Bonchev–Trinajstić information content (AvgIpc) is 3.19. The fraction of sp³-hybridized carbons (Fsp3) is 0.421. The molecule has 0 spiro atoms. The van der Waals surface area contributed by atoms with Crippen molar-refractivity contribution in [3.05, 3.63) is 52.2 Å². The van der Waals surface area contributed by atoms with Crippen molar-refractivity contribution in [2.24, 2.45) is 0 Å². The van der Waals surface area contributed by atoms with E-state index < -0.39 is 9.84 Å². The summed E-state index contributed by atoms with van der Waals surface area (Å²) in [5, 5.41) is 7.05. The minimum atomic E-state index is -3.45. The lowest BCUT2D eigenvalue weighted by atomic mass is 10.1. The molecule has 1 N–H and O–H groups in total. The van der Waals surface area contributed by atoms with Gasteiger partial charge in [-0.25, -0.2) is 8.42 Å². The van der Waals surface area contributed by atoms with Gasteiger partial charge in [-0.05, 0) is 47.6 Å². The molecule has 2 rings (SSSR count). The SMILES string of the molecule is CCN(CC)[C@H](CNC(=O)c1ccccc1S(=O)(=O)CC)c1ccsc1. The number of benzene rings is 1. The molecular weight excluding hydrogens is 368 g/mol. The van der Waals surface area contributed by atoms with E-state index in [1.165, 1.54) is 6.07 Å². The fourth-order valence-corrected chi connectivity index (χ4v) is 4.75. The molecule has 0 fully saturated rings. The van der Waals surface area contributed by atoms with Gasteiger partial charge < -0.3 is 5.32 Å². The van der Waals surface area contributed by atoms with Crippen molar-refractivity contribution in [3.8, 4) is 0 Å². The molecule has 26 heavy (non-hydrogen) atoms. The number of carbonyl (C=O) groups excluding carboxylic acids is 1. The lowest BCUT2D eigenvalue weighted by Crippen LogP contribution is -2.38. The normalized spacial score (nSPS) is 12.9. The number of hydrogen-bond acceptors (Lipinski definition) is 5. The van der Waals surface area contributed by atoms with Crippen LogP contribution in [-0.4, -0.2) is 44.6 Å². The molecular formula is C19H26N2O3S2. The second-order valence-corrected chi connectivity index (χ2v) is 8.93. The van der Waals surface area contributed by atoms with E-state index in [0.29, 0.717) is 6.54 Å². The molecule has 0 radical (unpaired) electrons. The van der Waals surface area contributed by atoms with Gasteiger partial charge in [-0.3, -0.25) is 9.69 Å². The van der Waals surface area contributed by atoms with Gasteiger partial charge in [-0.15, -0.1) is 0 Å². The molecule has 1 heterocycles. The van der Waals surface area contributed by atoms with Gasteiger partial charge in [-0.2, -0.15) is 11.3 Å². The molecule has 0 aliphatic rings. The number of hydrogen-bond donors (Lipinski definition) is 1. The van der Waals surface area contributed by atoms with Crippen LogP contribution < -0.4 is 5.32 Å². The lowest BCUT2D eigenvalue weighted by molar-refractivity contribution is 0.0931. The zero-order chi connectivity index (χ0) is 19.2. The highest BCUT2D eigenvalue weighted by molar-refractivity contribution is 7.91. The van der Waals surface area contributed by atoms with Crippen molar-refractivity contribution in [1.29, 1.82) is 0 Å². The van der Waals surface area contributed by atoms with E-state index in [1.54, 1.807) is 36.5 Å². The Morgan fingerprint density at radius 2 is 1.85 bits per heavy atom. The summed E-state index contributed by atoms with van der Waals surface area (Å²) in [6.45, 7) is 7.93. The molecule has 0 bridgehead atoms. The predicted molar refractivity (Wildman–Crippen MR) is 106 cm³/mol. The standard InChI is InChI=1S/C19H26N2O3S2/c1-4-21(5-2)17(15-11-12-25-14-15)13-20-19(22)16-9-7-8-10-18(16)26(23,24)6-3/h7-12,14,17H,4-6,13H2,1-3H3,(H,20,22)/t17-/m1/s1. The number of nitrogens with zero attached hydrogens (tertiary/aromatic N) is 1. The van der Waals surface area contributed by atoms with E-state index in [1.807, 2.05) is 5.38 Å². The average molecular weight is 395 g/mol. The molecule has 0 aliphatic carbocycles. The number of carbonyl (C=O) groups is 1. The monoisotopic (exact) mass is 394 g/mol. The van der Waals surface area contributed by atoms with Crippen molar-refractivity contribution in [3.63, 3.8) is 0 Å². The van der Waals surface area contributed by atoms with E-state index in [2.05, 4.69) is 35.5 Å². The third-order valence-corrected chi connectivity index (χ3v) is 6.97. The van der Waals surface area contributed by atoms with Crippen LogP contribution in [0.2, 0.25) is 0 Å². The number of sulfone groups is 1. The molecule has 0 aliphatic heterocycles. The van der Waals surface area contributed by atoms with Crippen molar-refractivity contribution in [2.45, 2.75) is 31.7 Å². The third-order valence-electron chi connectivity index (χ3n) is 4.48. The maximum absolute atomic E-state index is 12.7. The maximum Gasteiger partial charge on any atom is 0.252 e. The first-order valence-electron chi connectivity index (χ1n) is 8.80. The number of nitrogens with one attached hydrogen (secondary N) is 1. The van der Waals surface area contributed by atoms with Crippen LogP contribution in [0, 0.1) is 0 Å². The van der Waals surface area contributed by atoms with E-state index in [-0.39, 0.29) is 28.2 Å². The highest BCUT2D eigenvalue weighted by atomic mass is 32.2. The van der Waals surface area contributed by atoms with Gasteiger partial charge in [0.1, 0.15) is 0 Å². The highest BCUT2D eigenvalue weighted by Gasteiger charge is 2.23. The Bertz CT molecular complexity index is 813. The Kier molecular flexibility index (Phi) is 7.37. The second-order valence-electron chi connectivity index (χ2n) is 5.90. The molecule has 1 aromatic carbocycles. The van der Waals surface area contributed by atoms with Gasteiger partial charge in [0.25, 0.3) is 5.91 Å². The molecule has 1 atom stereocenters. The molecule has 0 unspecified atom stereocenters. The molecule has 5 nitrogen and oxygen atoms in total. The molecule has 7 heteroatoms. The van der Waals surface area contributed by atoms with Gasteiger partial charge in [0.05, 0.1) is 22.3 Å². The molecule has 142 valence electrons. The van der Waals surface area contributed by atoms with Crippen LogP contribution >= 0.6 is 11.3 Å². The first-order chi connectivity index (χ1) is 12.4. The maximum atomic E-state index is 12.7. The zero-order valence-corrected chi connectivity index (χ0v) is 17.1. The minimum Gasteiger partial charge on any atom is -0.350 e. The van der Waals surface area contributed by atoms with Crippen molar-refractivity contribution in [1.82, 2.24) is 10.2 Å². The van der Waals surface area contributed by atoms with Gasteiger partial charge in [0.2, 0.25) is 0 Å². The summed E-state index contributed by atoms with van der Waals surface area (Å²) in [5.74, 6) is -0.390. The summed E-state index contributed by atoms with van der Waals surface area (Å²) in [6.07, 6.45) is 0. The first-order valence-corrected chi connectivity index (χ1v) is 11.4. The smallest absolute Gasteiger partial charge is 0.252 e. The zero-order valence-electron chi connectivity index (χ0n) is 15.4. The second kappa shape index (κ2) is 9.30. The molecule has 0 saturated heterocycles. The summed E-state index contributed by atoms with van der Waals surface area (Å²) in [7, 11) is -3.45. The van der Waals surface area contributed by atoms with Crippen LogP contribution in [-0.2, 0) is 9.84 Å². The molecule has 2 aromatic rings. The summed E-state index contributed by atoms with van der Waals surface area (Å²) in [4.78, 5) is 15.1. The largest absolute Gasteiger partial charge is 0.350 e. The van der Waals surface area contributed by atoms with E-state index in [0.717, 1.165) is 18.7 Å². The summed E-state index contributed by atoms with van der Waals surface area (Å²) in [5.41, 5.74) is 1.37. The van der Waals surface area contributed by atoms with Crippen LogP contribution in [0.5, 0.6) is 0 Å². The van der Waals surface area contributed by atoms with E-state index in [4.69, 9.17) is 0 Å². The van der Waals surface area contributed by atoms with Gasteiger partial charge in [0.15, 0.2) is 9.84 Å². The van der Waals surface area contributed by atoms with E-state index in [9.17, 15) is 13.2 Å². The highest BCUT2D eigenvalue weighted by Crippen LogP contribution is 2.23. The van der Waals surface area contributed by atoms with Gasteiger partial charge in [-0.1, -0.05) is 32.9 Å². The molecule has 1 amide bonds. The summed E-state index contributed by atoms with van der Waals surface area (Å²) in [6, 6.07) is 8.52. The lowest BCUT2D eigenvalue weighted by Gasteiger charge is -2.29. The van der Waals surface area contributed by atoms with Crippen LogP contribution in [0.1, 0.15) is 42.7 Å². The van der Waals surface area contributed by atoms with Gasteiger partial charge in [0, 0.05) is 6.54 Å². The predicted octanol–water partition coefficient (Wildman–Crippen LogP) is 3.35. The Morgan fingerprint density at radius 3 is 2.42 bits per heavy atom. The number of rotatable bonds is 9. The van der Waals surface area contributed by atoms with Crippen molar-refractivity contribution >= 4 is 27.1 Å². The summed E-state index contributed by atoms with van der Waals surface area (Å²) < 4.78 is 24.5. The first kappa shape index (κ1) is 20.6. The molecule has 0 saturated carbocycles. The van der Waals surface area contributed by atoms with Gasteiger partial charge >= 0.3 is 0 Å².